The number of anilines is 1. The van der Waals surface area contributed by atoms with Crippen LogP contribution in [0, 0.1) is 6.92 Å². The third kappa shape index (κ3) is 4.17. The van der Waals surface area contributed by atoms with Crippen LogP contribution in [-0.4, -0.2) is 23.6 Å². The minimum absolute atomic E-state index is 0.292. The molecular formula is C15H16N2O4. The lowest BCUT2D eigenvalue weighted by Crippen LogP contribution is -2.21. The predicted octanol–water partition coefficient (Wildman–Crippen LogP) is 2.34. The first-order valence-electron chi connectivity index (χ1n) is 6.57. The molecule has 0 unspecified atom stereocenters. The number of amides is 1. The summed E-state index contributed by atoms with van der Waals surface area (Å²) in [6, 6.07) is 8.65. The van der Waals surface area contributed by atoms with Crippen molar-refractivity contribution in [2.45, 2.75) is 20.3 Å². The van der Waals surface area contributed by atoms with Crippen LogP contribution in [-0.2, 0) is 16.0 Å². The van der Waals surface area contributed by atoms with E-state index >= 15 is 0 Å². The van der Waals surface area contributed by atoms with E-state index in [0.29, 0.717) is 17.1 Å². The molecule has 0 spiro atoms. The van der Waals surface area contributed by atoms with Gasteiger partial charge in [0.15, 0.2) is 12.4 Å². The van der Waals surface area contributed by atoms with Crippen LogP contribution in [0.3, 0.4) is 0 Å². The quantitative estimate of drug-likeness (QED) is 0.854. The van der Waals surface area contributed by atoms with Gasteiger partial charge in [-0.1, -0.05) is 24.2 Å². The zero-order valence-corrected chi connectivity index (χ0v) is 11.9. The van der Waals surface area contributed by atoms with Crippen LogP contribution in [0.1, 0.15) is 28.6 Å². The van der Waals surface area contributed by atoms with E-state index in [4.69, 9.17) is 9.26 Å². The van der Waals surface area contributed by atoms with Crippen molar-refractivity contribution in [3.05, 3.63) is 47.2 Å². The molecule has 0 saturated carbocycles. The topological polar surface area (TPSA) is 81.4 Å². The summed E-state index contributed by atoms with van der Waals surface area (Å²) >= 11 is 0. The molecule has 110 valence electrons. The van der Waals surface area contributed by atoms with Gasteiger partial charge in [0.1, 0.15) is 5.76 Å². The molecule has 2 aromatic rings. The van der Waals surface area contributed by atoms with Gasteiger partial charge >= 0.3 is 5.97 Å². The van der Waals surface area contributed by atoms with E-state index in [1.807, 2.05) is 19.1 Å². The van der Waals surface area contributed by atoms with Gasteiger partial charge < -0.3 is 14.6 Å². The van der Waals surface area contributed by atoms with Crippen molar-refractivity contribution < 1.29 is 18.8 Å². The number of esters is 1. The molecule has 2 rings (SSSR count). The summed E-state index contributed by atoms with van der Waals surface area (Å²) in [6.07, 6.45) is 0.898. The van der Waals surface area contributed by atoms with Gasteiger partial charge in [0.2, 0.25) is 0 Å². The van der Waals surface area contributed by atoms with Gasteiger partial charge in [-0.15, -0.1) is 0 Å². The Morgan fingerprint density at radius 3 is 2.57 bits per heavy atom. The van der Waals surface area contributed by atoms with E-state index in [1.54, 1.807) is 25.1 Å². The number of rotatable bonds is 5. The number of hydrogen-bond acceptors (Lipinski definition) is 5. The molecule has 0 aliphatic rings. The maximum Gasteiger partial charge on any atom is 0.338 e. The molecule has 21 heavy (non-hydrogen) atoms. The van der Waals surface area contributed by atoms with Crippen molar-refractivity contribution >= 4 is 17.7 Å². The number of nitrogens with one attached hydrogen (secondary N) is 1. The molecule has 1 amide bonds. The second kappa shape index (κ2) is 6.69. The highest BCUT2D eigenvalue weighted by molar-refractivity contribution is 5.94. The van der Waals surface area contributed by atoms with Crippen LogP contribution < -0.4 is 5.32 Å². The largest absolute Gasteiger partial charge is 0.452 e. The lowest BCUT2D eigenvalue weighted by atomic mass is 10.1. The van der Waals surface area contributed by atoms with Gasteiger partial charge in [-0.25, -0.2) is 4.79 Å². The first-order valence-corrected chi connectivity index (χ1v) is 6.57. The Labute approximate surface area is 122 Å². The monoisotopic (exact) mass is 288 g/mol. The van der Waals surface area contributed by atoms with Crippen LogP contribution in [0.15, 0.2) is 34.9 Å². The Balaban J connectivity index is 1.83. The maximum atomic E-state index is 11.8. The van der Waals surface area contributed by atoms with Crippen molar-refractivity contribution in [1.82, 2.24) is 5.16 Å². The fourth-order valence-corrected chi connectivity index (χ4v) is 1.70. The number of carbonyl (C=O) groups excluding carboxylic acids is 2. The fraction of sp³-hybridized carbons (Fsp3) is 0.267. The highest BCUT2D eigenvalue weighted by atomic mass is 16.5. The van der Waals surface area contributed by atoms with Gasteiger partial charge in [-0.3, -0.25) is 4.79 Å². The fourth-order valence-electron chi connectivity index (χ4n) is 1.70. The van der Waals surface area contributed by atoms with Crippen molar-refractivity contribution in [1.29, 1.82) is 0 Å². The lowest BCUT2D eigenvalue weighted by molar-refractivity contribution is -0.119. The average molecular weight is 288 g/mol. The minimum Gasteiger partial charge on any atom is -0.452 e. The predicted molar refractivity (Wildman–Crippen MR) is 76.0 cm³/mol. The van der Waals surface area contributed by atoms with Crippen LogP contribution in [0.5, 0.6) is 0 Å². The third-order valence-electron chi connectivity index (χ3n) is 2.83. The molecule has 1 N–H and O–H groups in total. The molecule has 1 aromatic carbocycles. The molecule has 0 atom stereocenters. The van der Waals surface area contributed by atoms with Crippen LogP contribution in [0.25, 0.3) is 0 Å². The van der Waals surface area contributed by atoms with E-state index in [0.717, 1.165) is 12.0 Å². The van der Waals surface area contributed by atoms with Crippen LogP contribution in [0.2, 0.25) is 0 Å². The first kappa shape index (κ1) is 14.8. The van der Waals surface area contributed by atoms with Gasteiger partial charge in [0.25, 0.3) is 5.91 Å². The van der Waals surface area contributed by atoms with Crippen molar-refractivity contribution in [2.75, 3.05) is 11.9 Å². The molecule has 0 radical (unpaired) electrons. The number of ether oxygens (including phenoxy) is 1. The molecule has 0 bridgehead atoms. The van der Waals surface area contributed by atoms with Gasteiger partial charge in [-0.2, -0.15) is 0 Å². The zero-order chi connectivity index (χ0) is 15.2. The van der Waals surface area contributed by atoms with E-state index in [-0.39, 0.29) is 6.61 Å². The van der Waals surface area contributed by atoms with E-state index in [9.17, 15) is 9.59 Å². The Hall–Kier alpha value is -2.63. The maximum absolute atomic E-state index is 11.8. The molecule has 0 fully saturated rings. The highest BCUT2D eigenvalue weighted by Gasteiger charge is 2.11. The molecule has 6 heteroatoms. The number of aromatic nitrogens is 1. The summed E-state index contributed by atoms with van der Waals surface area (Å²) in [5.41, 5.74) is 1.54. The second-order valence-corrected chi connectivity index (χ2v) is 4.50. The van der Waals surface area contributed by atoms with Gasteiger partial charge in [0, 0.05) is 6.07 Å². The summed E-state index contributed by atoms with van der Waals surface area (Å²) in [4.78, 5) is 23.4. The normalized spacial score (nSPS) is 10.2. The number of hydrogen-bond donors (Lipinski definition) is 1. The zero-order valence-electron chi connectivity index (χ0n) is 11.9. The van der Waals surface area contributed by atoms with Crippen molar-refractivity contribution in [3.8, 4) is 0 Å². The van der Waals surface area contributed by atoms with E-state index in [1.165, 1.54) is 0 Å². The van der Waals surface area contributed by atoms with Crippen molar-refractivity contribution in [3.63, 3.8) is 0 Å². The standard InChI is InChI=1S/C15H16N2O4/c1-3-11-4-6-12(7-5-11)15(19)20-9-14(18)16-13-8-10(2)21-17-13/h4-8H,3,9H2,1-2H3,(H,16,17,18). The van der Waals surface area contributed by atoms with Crippen molar-refractivity contribution in [2.24, 2.45) is 0 Å². The molecule has 6 nitrogen and oxygen atoms in total. The summed E-state index contributed by atoms with van der Waals surface area (Å²) in [7, 11) is 0. The average Bonchev–Trinajstić information content (AvgIpc) is 2.90. The molecular weight excluding hydrogens is 272 g/mol. The minimum atomic E-state index is -0.538. The number of nitrogens with zero attached hydrogens (tertiary/aromatic N) is 1. The third-order valence-corrected chi connectivity index (χ3v) is 2.83. The van der Waals surface area contributed by atoms with E-state index < -0.39 is 11.9 Å². The Morgan fingerprint density at radius 2 is 2.00 bits per heavy atom. The van der Waals surface area contributed by atoms with Gasteiger partial charge in [-0.05, 0) is 31.0 Å². The molecule has 0 aliphatic carbocycles. The summed E-state index contributed by atoms with van der Waals surface area (Å²) in [5, 5.41) is 6.08. The van der Waals surface area contributed by atoms with Crippen LogP contribution >= 0.6 is 0 Å². The SMILES string of the molecule is CCc1ccc(C(=O)OCC(=O)Nc2cc(C)on2)cc1. The van der Waals surface area contributed by atoms with Crippen LogP contribution in [0.4, 0.5) is 5.82 Å². The Bertz CT molecular complexity index is 631. The highest BCUT2D eigenvalue weighted by Crippen LogP contribution is 2.08. The summed E-state index contributed by atoms with van der Waals surface area (Å²) in [6.45, 7) is 3.37. The molecule has 0 aliphatic heterocycles. The Morgan fingerprint density at radius 1 is 1.29 bits per heavy atom. The number of aryl methyl sites for hydroxylation is 2. The summed E-state index contributed by atoms with van der Waals surface area (Å²) in [5.74, 6) is -0.134. The van der Waals surface area contributed by atoms with Gasteiger partial charge in [0.05, 0.1) is 5.56 Å². The smallest absolute Gasteiger partial charge is 0.338 e. The molecule has 0 saturated heterocycles. The summed E-state index contributed by atoms with van der Waals surface area (Å²) < 4.78 is 9.74. The number of benzene rings is 1. The second-order valence-electron chi connectivity index (χ2n) is 4.50. The molecule has 1 aromatic heterocycles. The molecule has 1 heterocycles. The number of carbonyl (C=O) groups is 2. The Kier molecular flexibility index (Phi) is 4.71. The lowest BCUT2D eigenvalue weighted by Gasteiger charge is -2.05. The van der Waals surface area contributed by atoms with E-state index in [2.05, 4.69) is 10.5 Å². The first-order chi connectivity index (χ1) is 10.1.